The molecule has 9 heteroatoms. The first-order valence-electron chi connectivity index (χ1n) is 14.4. The Morgan fingerprint density at radius 2 is 1.45 bits per heavy atom. The van der Waals surface area contributed by atoms with Gasteiger partial charge in [-0.1, -0.05) is 84.6 Å². The molecular weight excluding hydrogens is 573 g/mol. The molecule has 0 saturated heterocycles. The van der Waals surface area contributed by atoms with Crippen LogP contribution in [0.3, 0.4) is 0 Å². The number of halogens is 2. The quantitative estimate of drug-likeness (QED) is 0.269. The molecule has 1 N–H and O–H groups in total. The molecule has 2 aliphatic rings. The van der Waals surface area contributed by atoms with Gasteiger partial charge in [0.25, 0.3) is 11.8 Å². The van der Waals surface area contributed by atoms with Gasteiger partial charge in [-0.05, 0) is 49.1 Å². The van der Waals surface area contributed by atoms with E-state index in [0.29, 0.717) is 33.2 Å². The van der Waals surface area contributed by atoms with E-state index in [4.69, 9.17) is 23.2 Å². The minimum absolute atomic E-state index is 0.0253. The molecular formula is C33H33Cl2N3O4. The van der Waals surface area contributed by atoms with Crippen LogP contribution in [0.2, 0.25) is 10.0 Å². The highest BCUT2D eigenvalue weighted by molar-refractivity contribution is 6.36. The lowest BCUT2D eigenvalue weighted by molar-refractivity contribution is -0.141. The van der Waals surface area contributed by atoms with Crippen LogP contribution in [0, 0.1) is 0 Å². The number of nitrogens with zero attached hydrogens (tertiary/aromatic N) is 2. The Morgan fingerprint density at radius 1 is 0.857 bits per heavy atom. The third-order valence-corrected chi connectivity index (χ3v) is 8.72. The molecule has 1 aliphatic carbocycles. The molecule has 0 bridgehead atoms. The second-order valence-electron chi connectivity index (χ2n) is 10.8. The van der Waals surface area contributed by atoms with E-state index in [1.165, 1.54) is 4.90 Å². The van der Waals surface area contributed by atoms with Crippen molar-refractivity contribution in [2.45, 2.75) is 63.6 Å². The first kappa shape index (κ1) is 29.8. The van der Waals surface area contributed by atoms with Crippen LogP contribution in [0.4, 0.5) is 0 Å². The predicted octanol–water partition coefficient (Wildman–Crippen LogP) is 6.07. The van der Waals surface area contributed by atoms with E-state index < -0.39 is 6.04 Å². The van der Waals surface area contributed by atoms with Crippen LogP contribution >= 0.6 is 23.2 Å². The van der Waals surface area contributed by atoms with Crippen molar-refractivity contribution in [1.82, 2.24) is 15.1 Å². The minimum Gasteiger partial charge on any atom is -0.352 e. The summed E-state index contributed by atoms with van der Waals surface area (Å²) in [5.41, 5.74) is 2.21. The molecule has 0 unspecified atom stereocenters. The summed E-state index contributed by atoms with van der Waals surface area (Å²) in [6.45, 7) is 0.135. The van der Waals surface area contributed by atoms with E-state index in [-0.39, 0.29) is 55.6 Å². The maximum Gasteiger partial charge on any atom is 0.261 e. The summed E-state index contributed by atoms with van der Waals surface area (Å²) in [5.74, 6) is -1.23. The predicted molar refractivity (Wildman–Crippen MR) is 162 cm³/mol. The maximum atomic E-state index is 14.0. The van der Waals surface area contributed by atoms with E-state index in [1.807, 2.05) is 30.3 Å². The normalized spacial score (nSPS) is 15.5. The zero-order chi connectivity index (χ0) is 29.6. The van der Waals surface area contributed by atoms with Gasteiger partial charge in [0.05, 0.1) is 11.1 Å². The van der Waals surface area contributed by atoms with Crippen molar-refractivity contribution in [3.8, 4) is 0 Å². The number of hydrogen-bond donors (Lipinski definition) is 1. The molecule has 0 radical (unpaired) electrons. The standard InChI is InChI=1S/C33H33Cl2N3O4/c34-27-16-8-17-28(35)26(27)21-38(29(20-22-10-2-1-3-11-22)31(40)36-23-12-4-5-13-23)30(39)18-9-19-37-32(41)24-14-6-7-15-25(24)33(37)42/h1-3,6-8,10-11,14-17,23,29H,4-5,9,12-13,18-21H2,(H,36,40)/t29-/m1/s1. The fourth-order valence-electron chi connectivity index (χ4n) is 5.75. The van der Waals surface area contributed by atoms with E-state index in [0.717, 1.165) is 31.2 Å². The molecule has 4 amide bonds. The van der Waals surface area contributed by atoms with Crippen molar-refractivity contribution in [3.63, 3.8) is 0 Å². The third-order valence-electron chi connectivity index (χ3n) is 8.01. The summed E-state index contributed by atoms with van der Waals surface area (Å²) in [6, 6.07) is 20.7. The van der Waals surface area contributed by atoms with Gasteiger partial charge in [0.15, 0.2) is 0 Å². The first-order chi connectivity index (χ1) is 20.3. The topological polar surface area (TPSA) is 86.8 Å². The Bertz CT molecular complexity index is 1420. The molecule has 1 atom stereocenters. The highest BCUT2D eigenvalue weighted by Crippen LogP contribution is 2.28. The van der Waals surface area contributed by atoms with Gasteiger partial charge in [0, 0.05) is 47.6 Å². The lowest BCUT2D eigenvalue weighted by atomic mass is 10.0. The van der Waals surface area contributed by atoms with E-state index in [9.17, 15) is 19.2 Å². The SMILES string of the molecule is O=C(NC1CCCC1)[C@@H](Cc1ccccc1)N(Cc1c(Cl)cccc1Cl)C(=O)CCCN1C(=O)c2ccccc2C1=O. The molecule has 5 rings (SSSR count). The van der Waals surface area contributed by atoms with E-state index in [1.54, 1.807) is 47.4 Å². The Kier molecular flexibility index (Phi) is 9.60. The molecule has 0 spiro atoms. The molecule has 1 aliphatic heterocycles. The average molecular weight is 607 g/mol. The van der Waals surface area contributed by atoms with Gasteiger partial charge >= 0.3 is 0 Å². The van der Waals surface area contributed by atoms with Crippen LogP contribution in [0.25, 0.3) is 0 Å². The Balaban J connectivity index is 1.38. The van der Waals surface area contributed by atoms with Crippen LogP contribution in [0.15, 0.2) is 72.8 Å². The Labute approximate surface area is 255 Å². The van der Waals surface area contributed by atoms with Crippen molar-refractivity contribution >= 4 is 46.8 Å². The maximum absolute atomic E-state index is 14.0. The average Bonchev–Trinajstić information content (AvgIpc) is 3.59. The number of carbonyl (C=O) groups excluding carboxylic acids is 4. The number of benzene rings is 3. The number of imide groups is 1. The number of carbonyl (C=O) groups is 4. The lowest BCUT2D eigenvalue weighted by Gasteiger charge is -2.33. The summed E-state index contributed by atoms with van der Waals surface area (Å²) in [7, 11) is 0. The molecule has 1 heterocycles. The summed E-state index contributed by atoms with van der Waals surface area (Å²) in [4.78, 5) is 56.2. The van der Waals surface area contributed by atoms with Gasteiger partial charge in [-0.3, -0.25) is 24.1 Å². The smallest absolute Gasteiger partial charge is 0.261 e. The number of hydrogen-bond acceptors (Lipinski definition) is 4. The molecule has 1 saturated carbocycles. The summed E-state index contributed by atoms with van der Waals surface area (Å²) in [6.07, 6.45) is 4.53. The highest BCUT2D eigenvalue weighted by atomic mass is 35.5. The molecule has 218 valence electrons. The first-order valence-corrected chi connectivity index (χ1v) is 15.1. The monoisotopic (exact) mass is 605 g/mol. The summed E-state index contributed by atoms with van der Waals surface area (Å²) >= 11 is 13.0. The van der Waals surface area contributed by atoms with Crippen LogP contribution in [-0.2, 0) is 22.6 Å². The number of rotatable bonds is 11. The van der Waals surface area contributed by atoms with Gasteiger partial charge in [0.1, 0.15) is 6.04 Å². The van der Waals surface area contributed by atoms with Crippen LogP contribution in [0.1, 0.15) is 70.4 Å². The molecule has 3 aromatic rings. The zero-order valence-electron chi connectivity index (χ0n) is 23.2. The van der Waals surface area contributed by atoms with Gasteiger partial charge in [0.2, 0.25) is 11.8 Å². The van der Waals surface area contributed by atoms with Gasteiger partial charge < -0.3 is 10.2 Å². The number of amides is 4. The minimum atomic E-state index is -0.813. The molecule has 0 aromatic heterocycles. The molecule has 42 heavy (non-hydrogen) atoms. The third kappa shape index (κ3) is 6.69. The fourth-order valence-corrected chi connectivity index (χ4v) is 6.27. The Morgan fingerprint density at radius 3 is 2.07 bits per heavy atom. The van der Waals surface area contributed by atoms with Gasteiger partial charge in [-0.15, -0.1) is 0 Å². The molecule has 3 aromatic carbocycles. The van der Waals surface area contributed by atoms with Gasteiger partial charge in [-0.2, -0.15) is 0 Å². The second-order valence-corrected chi connectivity index (χ2v) is 11.6. The van der Waals surface area contributed by atoms with Crippen molar-refractivity contribution in [1.29, 1.82) is 0 Å². The van der Waals surface area contributed by atoms with Crippen molar-refractivity contribution in [3.05, 3.63) is 105 Å². The number of fused-ring (bicyclic) bond motifs is 1. The molecule has 1 fully saturated rings. The largest absolute Gasteiger partial charge is 0.352 e. The van der Waals surface area contributed by atoms with Crippen LogP contribution in [0.5, 0.6) is 0 Å². The number of nitrogens with one attached hydrogen (secondary N) is 1. The van der Waals surface area contributed by atoms with E-state index >= 15 is 0 Å². The van der Waals surface area contributed by atoms with Crippen molar-refractivity contribution in [2.24, 2.45) is 0 Å². The van der Waals surface area contributed by atoms with Crippen LogP contribution in [-0.4, -0.2) is 52.1 Å². The van der Waals surface area contributed by atoms with E-state index in [2.05, 4.69) is 5.32 Å². The molecule has 7 nitrogen and oxygen atoms in total. The van der Waals surface area contributed by atoms with Crippen molar-refractivity contribution in [2.75, 3.05) is 6.54 Å². The summed E-state index contributed by atoms with van der Waals surface area (Å²) in [5, 5.41) is 3.98. The van der Waals surface area contributed by atoms with Crippen LogP contribution < -0.4 is 5.32 Å². The second kappa shape index (κ2) is 13.5. The lowest BCUT2D eigenvalue weighted by Crippen LogP contribution is -2.52. The fraction of sp³-hybridized carbons (Fsp3) is 0.333. The van der Waals surface area contributed by atoms with Gasteiger partial charge in [-0.25, -0.2) is 0 Å². The van der Waals surface area contributed by atoms with Crippen molar-refractivity contribution < 1.29 is 19.2 Å². The zero-order valence-corrected chi connectivity index (χ0v) is 24.7. The Hall–Kier alpha value is -3.68. The summed E-state index contributed by atoms with van der Waals surface area (Å²) < 4.78 is 0. The highest BCUT2D eigenvalue weighted by Gasteiger charge is 2.36.